The number of rotatable bonds is 10. The summed E-state index contributed by atoms with van der Waals surface area (Å²) in [6.45, 7) is 9.35. The van der Waals surface area contributed by atoms with Gasteiger partial charge in [0.25, 0.3) is 0 Å². The molecule has 2 aliphatic rings. The highest BCUT2D eigenvalue weighted by Gasteiger charge is 2.28. The number of anilines is 2. The molecule has 1 aromatic carbocycles. The van der Waals surface area contributed by atoms with E-state index >= 15 is 0 Å². The lowest BCUT2D eigenvalue weighted by Crippen LogP contribution is -2.34. The van der Waals surface area contributed by atoms with Crippen molar-refractivity contribution in [2.75, 3.05) is 30.3 Å². The smallest absolute Gasteiger partial charge is 0.249 e. The van der Waals surface area contributed by atoms with Crippen LogP contribution in [0.1, 0.15) is 69.5 Å². The molecule has 5 rings (SSSR count). The van der Waals surface area contributed by atoms with Gasteiger partial charge in [-0.05, 0) is 67.3 Å². The van der Waals surface area contributed by atoms with E-state index in [0.717, 1.165) is 47.9 Å². The maximum Gasteiger partial charge on any atom is 0.249 e. The predicted octanol–water partition coefficient (Wildman–Crippen LogP) is 5.95. The third-order valence-corrected chi connectivity index (χ3v) is 7.78. The van der Waals surface area contributed by atoms with Crippen LogP contribution in [0.15, 0.2) is 60.8 Å². The Balaban J connectivity index is 1.20. The van der Waals surface area contributed by atoms with Gasteiger partial charge in [-0.2, -0.15) is 5.10 Å². The number of nitrogens with one attached hydrogen (secondary N) is 3. The van der Waals surface area contributed by atoms with Crippen LogP contribution >= 0.6 is 0 Å². The average Bonchev–Trinajstić information content (AvgIpc) is 3.68. The number of carbonyl (C=O) groups excluding carboxylic acids is 2. The molecule has 1 aliphatic heterocycles. The summed E-state index contributed by atoms with van der Waals surface area (Å²) >= 11 is 0. The van der Waals surface area contributed by atoms with Crippen molar-refractivity contribution in [2.45, 2.75) is 58.3 Å². The molecule has 2 fully saturated rings. The molecule has 2 atom stereocenters. The first-order chi connectivity index (χ1) is 19.4. The molecule has 2 aromatic heterocycles. The van der Waals surface area contributed by atoms with Crippen LogP contribution in [0.4, 0.5) is 11.6 Å². The topological polar surface area (TPSA) is 103 Å². The second kappa shape index (κ2) is 12.6. The van der Waals surface area contributed by atoms with Gasteiger partial charge in [-0.25, -0.2) is 4.98 Å². The molecule has 1 saturated carbocycles. The van der Waals surface area contributed by atoms with E-state index in [0.29, 0.717) is 17.6 Å². The zero-order valence-electron chi connectivity index (χ0n) is 23.7. The van der Waals surface area contributed by atoms with Crippen LogP contribution in [-0.2, 0) is 9.59 Å². The Morgan fingerprint density at radius 2 is 1.93 bits per heavy atom. The van der Waals surface area contributed by atoms with Gasteiger partial charge in [0.1, 0.15) is 5.82 Å². The minimum Gasteiger partial charge on any atom is -0.309 e. The number of aromatic amines is 1. The third kappa shape index (κ3) is 7.24. The molecule has 8 nitrogen and oxygen atoms in total. The summed E-state index contributed by atoms with van der Waals surface area (Å²) in [5, 5.41) is 13.2. The number of hydrogen-bond acceptors (Lipinski definition) is 5. The molecule has 1 aliphatic carbocycles. The quantitative estimate of drug-likeness (QED) is 0.276. The lowest BCUT2D eigenvalue weighted by molar-refractivity contribution is -0.118. The number of likely N-dealkylation sites (tertiary alicyclic amines) is 1. The molecule has 8 heteroatoms. The van der Waals surface area contributed by atoms with Gasteiger partial charge in [0, 0.05) is 48.6 Å². The van der Waals surface area contributed by atoms with E-state index in [1.165, 1.54) is 25.7 Å². The van der Waals surface area contributed by atoms with Crippen molar-refractivity contribution in [1.82, 2.24) is 20.1 Å². The Bertz CT molecular complexity index is 1340. The second-order valence-electron chi connectivity index (χ2n) is 11.6. The fraction of sp³-hybridized carbons (Fsp3) is 0.438. The van der Waals surface area contributed by atoms with Gasteiger partial charge < -0.3 is 10.6 Å². The largest absolute Gasteiger partial charge is 0.309 e. The van der Waals surface area contributed by atoms with E-state index in [1.807, 2.05) is 48.5 Å². The predicted molar refractivity (Wildman–Crippen MR) is 159 cm³/mol. The Labute approximate surface area is 236 Å². The summed E-state index contributed by atoms with van der Waals surface area (Å²) in [4.78, 5) is 32.5. The Morgan fingerprint density at radius 1 is 1.07 bits per heavy atom. The van der Waals surface area contributed by atoms with Gasteiger partial charge in [-0.1, -0.05) is 51.1 Å². The first-order valence-corrected chi connectivity index (χ1v) is 14.5. The minimum atomic E-state index is -0.326. The summed E-state index contributed by atoms with van der Waals surface area (Å²) in [6.07, 6.45) is 10.1. The number of carbonyl (C=O) groups is 2. The molecule has 40 heavy (non-hydrogen) atoms. The molecule has 3 aromatic rings. The van der Waals surface area contributed by atoms with E-state index in [-0.39, 0.29) is 23.7 Å². The molecular formula is C32H40N6O2. The monoisotopic (exact) mass is 540 g/mol. The summed E-state index contributed by atoms with van der Waals surface area (Å²) in [5.74, 6) is 1.87. The molecule has 3 N–H and O–H groups in total. The molecule has 0 radical (unpaired) electrons. The number of aromatic nitrogens is 3. The van der Waals surface area contributed by atoms with Gasteiger partial charge >= 0.3 is 0 Å². The maximum absolute atomic E-state index is 13.3. The van der Waals surface area contributed by atoms with Crippen LogP contribution < -0.4 is 10.6 Å². The zero-order valence-corrected chi connectivity index (χ0v) is 23.7. The Hall–Kier alpha value is -3.78. The number of hydrogen-bond donors (Lipinski definition) is 3. The number of benzene rings is 1. The zero-order chi connectivity index (χ0) is 28.1. The number of H-pyrrole nitrogens is 1. The average molecular weight is 541 g/mol. The second-order valence-corrected chi connectivity index (χ2v) is 11.6. The minimum absolute atomic E-state index is 0.0694. The maximum atomic E-state index is 13.3. The van der Waals surface area contributed by atoms with Gasteiger partial charge in [0.05, 0.1) is 5.92 Å². The number of piperidine rings is 1. The van der Waals surface area contributed by atoms with E-state index in [1.54, 1.807) is 12.3 Å². The molecule has 2 unspecified atom stereocenters. The van der Waals surface area contributed by atoms with Gasteiger partial charge in [-0.15, -0.1) is 0 Å². The van der Waals surface area contributed by atoms with Crippen LogP contribution in [-0.4, -0.2) is 51.5 Å². The van der Waals surface area contributed by atoms with Crippen LogP contribution in [0, 0.1) is 11.8 Å². The van der Waals surface area contributed by atoms with Gasteiger partial charge in [0.2, 0.25) is 11.8 Å². The SMILES string of the molecule is CC1CCCN(C/C=C/C(=O)Nc2ccc(-c3cccc(C(C(=O)Nc4cc(C5CC5)[nH]n4)C(C)C)c3)cn2)C1. The van der Waals surface area contributed by atoms with Gasteiger partial charge in [0.15, 0.2) is 5.82 Å². The first kappa shape index (κ1) is 27.8. The van der Waals surface area contributed by atoms with Crippen LogP contribution in [0.25, 0.3) is 11.1 Å². The number of amides is 2. The van der Waals surface area contributed by atoms with Crippen molar-refractivity contribution < 1.29 is 9.59 Å². The van der Waals surface area contributed by atoms with Crippen LogP contribution in [0.2, 0.25) is 0 Å². The van der Waals surface area contributed by atoms with Gasteiger partial charge in [-0.3, -0.25) is 19.6 Å². The summed E-state index contributed by atoms with van der Waals surface area (Å²) < 4.78 is 0. The van der Waals surface area contributed by atoms with Crippen molar-refractivity contribution >= 4 is 23.5 Å². The standard InChI is InChI=1S/C32H40N6O2/c1-21(2)31(32(40)35-29-18-27(36-37-29)23-11-12-23)25-9-4-8-24(17-25)26-13-14-28(33-19-26)34-30(39)10-6-16-38-15-5-7-22(3)20-38/h4,6,8-10,13-14,17-19,21-23,31H,5,7,11-12,15-16,20H2,1-3H3,(H,33,34,39)(H2,35,36,37,40)/b10-6+. The van der Waals surface area contributed by atoms with Crippen LogP contribution in [0.5, 0.6) is 0 Å². The third-order valence-electron chi connectivity index (χ3n) is 7.78. The van der Waals surface area contributed by atoms with Crippen molar-refractivity contribution in [1.29, 1.82) is 0 Å². The summed E-state index contributed by atoms with van der Waals surface area (Å²) in [7, 11) is 0. The molecule has 0 bridgehead atoms. The summed E-state index contributed by atoms with van der Waals surface area (Å²) in [6, 6.07) is 13.7. The first-order valence-electron chi connectivity index (χ1n) is 14.5. The fourth-order valence-corrected chi connectivity index (χ4v) is 5.53. The molecule has 3 heterocycles. The Morgan fingerprint density at radius 3 is 2.65 bits per heavy atom. The van der Waals surface area contributed by atoms with E-state index in [9.17, 15) is 9.59 Å². The summed E-state index contributed by atoms with van der Waals surface area (Å²) in [5.41, 5.74) is 3.91. The fourth-order valence-electron chi connectivity index (χ4n) is 5.53. The normalized spacial score (nSPS) is 18.6. The molecule has 0 spiro atoms. The molecular weight excluding hydrogens is 500 g/mol. The molecule has 210 valence electrons. The van der Waals surface area contributed by atoms with Crippen molar-refractivity contribution in [3.05, 3.63) is 72.1 Å². The van der Waals surface area contributed by atoms with E-state index < -0.39 is 0 Å². The highest BCUT2D eigenvalue weighted by molar-refractivity contribution is 5.98. The molecule has 2 amide bonds. The highest BCUT2D eigenvalue weighted by atomic mass is 16.2. The van der Waals surface area contributed by atoms with E-state index in [4.69, 9.17) is 0 Å². The van der Waals surface area contributed by atoms with Crippen LogP contribution in [0.3, 0.4) is 0 Å². The van der Waals surface area contributed by atoms with E-state index in [2.05, 4.69) is 51.5 Å². The number of nitrogens with zero attached hydrogens (tertiary/aromatic N) is 3. The molecule has 1 saturated heterocycles. The lowest BCUT2D eigenvalue weighted by atomic mass is 9.86. The van der Waals surface area contributed by atoms with Crippen molar-refractivity contribution in [3.8, 4) is 11.1 Å². The highest BCUT2D eigenvalue weighted by Crippen LogP contribution is 2.39. The Kier molecular flexibility index (Phi) is 8.75. The van der Waals surface area contributed by atoms with Crippen molar-refractivity contribution in [3.63, 3.8) is 0 Å². The number of pyridine rings is 1. The van der Waals surface area contributed by atoms with Crippen molar-refractivity contribution in [2.24, 2.45) is 11.8 Å². The lowest BCUT2D eigenvalue weighted by Gasteiger charge is -2.29.